The first kappa shape index (κ1) is 16.0. The van der Waals surface area contributed by atoms with Crippen LogP contribution in [0.3, 0.4) is 0 Å². The number of carbonyl (C=O) groups is 1. The molecule has 0 unspecified atom stereocenters. The minimum atomic E-state index is -0.684. The molecule has 0 radical (unpaired) electrons. The lowest BCUT2D eigenvalue weighted by molar-refractivity contribution is -0.126. The first-order chi connectivity index (χ1) is 10.2. The summed E-state index contributed by atoms with van der Waals surface area (Å²) in [4.78, 5) is 12.6. The highest BCUT2D eigenvalue weighted by molar-refractivity contribution is 5.88. The first-order valence-corrected chi connectivity index (χ1v) is 7.82. The van der Waals surface area contributed by atoms with Crippen LogP contribution >= 0.6 is 0 Å². The highest BCUT2D eigenvalue weighted by Gasteiger charge is 2.43. The second-order valence-electron chi connectivity index (χ2n) is 5.58. The van der Waals surface area contributed by atoms with Crippen LogP contribution in [0.15, 0.2) is 24.3 Å². The predicted molar refractivity (Wildman–Crippen MR) is 80.7 cm³/mol. The van der Waals surface area contributed by atoms with E-state index in [2.05, 4.69) is 5.32 Å². The maximum atomic E-state index is 14.1. The third kappa shape index (κ3) is 3.62. The monoisotopic (exact) mass is 293 g/mol. The minimum absolute atomic E-state index is 0.0402. The van der Waals surface area contributed by atoms with E-state index >= 15 is 0 Å². The van der Waals surface area contributed by atoms with Crippen LogP contribution in [-0.2, 0) is 14.9 Å². The Bertz CT molecular complexity index is 470. The van der Waals surface area contributed by atoms with Gasteiger partial charge < -0.3 is 10.1 Å². The van der Waals surface area contributed by atoms with Crippen LogP contribution in [0.4, 0.5) is 4.39 Å². The number of hydrogen-bond donors (Lipinski definition) is 1. The number of ether oxygens (including phenoxy) is 1. The fraction of sp³-hybridized carbons (Fsp3) is 0.588. The summed E-state index contributed by atoms with van der Waals surface area (Å²) >= 11 is 0. The molecule has 0 saturated heterocycles. The Kier molecular flexibility index (Phi) is 5.74. The zero-order chi connectivity index (χ0) is 15.1. The van der Waals surface area contributed by atoms with Gasteiger partial charge in [-0.1, -0.05) is 31.0 Å². The normalized spacial score (nSPS) is 16.9. The number of amides is 1. The molecule has 1 amide bonds. The number of benzene rings is 1. The molecule has 116 valence electrons. The van der Waals surface area contributed by atoms with Gasteiger partial charge in [-0.25, -0.2) is 4.39 Å². The van der Waals surface area contributed by atoms with Gasteiger partial charge in [0.1, 0.15) is 5.82 Å². The SMILES string of the molecule is CCOCCCNC(=O)C1(c2ccccc2F)CCCC1. The molecule has 1 aliphatic rings. The number of rotatable bonds is 7. The highest BCUT2D eigenvalue weighted by Crippen LogP contribution is 2.42. The summed E-state index contributed by atoms with van der Waals surface area (Å²) in [5.74, 6) is -0.314. The van der Waals surface area contributed by atoms with Crippen molar-refractivity contribution in [2.75, 3.05) is 19.8 Å². The van der Waals surface area contributed by atoms with E-state index in [9.17, 15) is 9.18 Å². The van der Waals surface area contributed by atoms with Crippen molar-refractivity contribution >= 4 is 5.91 Å². The predicted octanol–water partition coefficient (Wildman–Crippen LogP) is 3.18. The molecule has 0 aliphatic heterocycles. The van der Waals surface area contributed by atoms with Crippen molar-refractivity contribution in [1.29, 1.82) is 0 Å². The Morgan fingerprint density at radius 1 is 1.33 bits per heavy atom. The number of hydrogen-bond acceptors (Lipinski definition) is 2. The van der Waals surface area contributed by atoms with Crippen molar-refractivity contribution in [2.45, 2.75) is 44.4 Å². The van der Waals surface area contributed by atoms with E-state index < -0.39 is 5.41 Å². The lowest BCUT2D eigenvalue weighted by atomic mass is 9.77. The zero-order valence-corrected chi connectivity index (χ0v) is 12.7. The van der Waals surface area contributed by atoms with Gasteiger partial charge in [0, 0.05) is 25.3 Å². The Morgan fingerprint density at radius 2 is 2.05 bits per heavy atom. The van der Waals surface area contributed by atoms with Crippen LogP contribution in [0.5, 0.6) is 0 Å². The number of nitrogens with one attached hydrogen (secondary N) is 1. The van der Waals surface area contributed by atoms with Crippen molar-refractivity contribution < 1.29 is 13.9 Å². The molecule has 0 bridgehead atoms. The molecule has 0 heterocycles. The third-order valence-electron chi connectivity index (χ3n) is 4.24. The second kappa shape index (κ2) is 7.55. The summed E-state index contributed by atoms with van der Waals surface area (Å²) in [5.41, 5.74) is -0.137. The van der Waals surface area contributed by atoms with Gasteiger partial charge in [-0.05, 0) is 32.3 Å². The van der Waals surface area contributed by atoms with Gasteiger partial charge in [-0.2, -0.15) is 0 Å². The van der Waals surface area contributed by atoms with E-state index in [-0.39, 0.29) is 11.7 Å². The second-order valence-corrected chi connectivity index (χ2v) is 5.58. The van der Waals surface area contributed by atoms with Gasteiger partial charge in [0.15, 0.2) is 0 Å². The van der Waals surface area contributed by atoms with Crippen LogP contribution in [0.2, 0.25) is 0 Å². The van der Waals surface area contributed by atoms with Crippen LogP contribution in [0.1, 0.15) is 44.6 Å². The van der Waals surface area contributed by atoms with E-state index in [0.717, 1.165) is 32.1 Å². The van der Waals surface area contributed by atoms with Crippen LogP contribution in [-0.4, -0.2) is 25.7 Å². The van der Waals surface area contributed by atoms with E-state index in [1.807, 2.05) is 6.92 Å². The molecule has 3 nitrogen and oxygen atoms in total. The molecule has 2 rings (SSSR count). The fourth-order valence-electron chi connectivity index (χ4n) is 3.14. The molecule has 4 heteroatoms. The largest absolute Gasteiger partial charge is 0.382 e. The summed E-state index contributed by atoms with van der Waals surface area (Å²) < 4.78 is 19.4. The first-order valence-electron chi connectivity index (χ1n) is 7.82. The molecule has 0 spiro atoms. The summed E-state index contributed by atoms with van der Waals surface area (Å²) in [6.45, 7) is 3.86. The smallest absolute Gasteiger partial charge is 0.230 e. The van der Waals surface area contributed by atoms with Crippen molar-refractivity contribution in [2.24, 2.45) is 0 Å². The van der Waals surface area contributed by atoms with E-state index in [4.69, 9.17) is 4.74 Å². The number of carbonyl (C=O) groups excluding carboxylic acids is 1. The van der Waals surface area contributed by atoms with Crippen molar-refractivity contribution in [3.05, 3.63) is 35.6 Å². The molecule has 1 N–H and O–H groups in total. The van der Waals surface area contributed by atoms with Gasteiger partial charge in [0.25, 0.3) is 0 Å². The van der Waals surface area contributed by atoms with Crippen LogP contribution in [0.25, 0.3) is 0 Å². The quantitative estimate of drug-likeness (QED) is 0.784. The average molecular weight is 293 g/mol. The van der Waals surface area contributed by atoms with E-state index in [0.29, 0.717) is 25.3 Å². The summed E-state index contributed by atoms with van der Waals surface area (Å²) in [5, 5.41) is 2.96. The molecule has 0 atom stereocenters. The molecule has 1 fully saturated rings. The fourth-order valence-corrected chi connectivity index (χ4v) is 3.14. The Hall–Kier alpha value is -1.42. The third-order valence-corrected chi connectivity index (χ3v) is 4.24. The van der Waals surface area contributed by atoms with Gasteiger partial charge in [-0.15, -0.1) is 0 Å². The van der Waals surface area contributed by atoms with Gasteiger partial charge in [0.2, 0.25) is 5.91 Å². The van der Waals surface area contributed by atoms with Crippen molar-refractivity contribution in [3.63, 3.8) is 0 Å². The molecular formula is C17H24FNO2. The molecule has 1 aromatic rings. The maximum Gasteiger partial charge on any atom is 0.230 e. The molecular weight excluding hydrogens is 269 g/mol. The Morgan fingerprint density at radius 3 is 2.71 bits per heavy atom. The Labute approximate surface area is 125 Å². The van der Waals surface area contributed by atoms with Gasteiger partial charge in [0.05, 0.1) is 5.41 Å². The molecule has 1 saturated carbocycles. The minimum Gasteiger partial charge on any atom is -0.382 e. The average Bonchev–Trinajstić information content (AvgIpc) is 2.98. The van der Waals surface area contributed by atoms with Crippen LogP contribution < -0.4 is 5.32 Å². The van der Waals surface area contributed by atoms with Gasteiger partial charge in [-0.3, -0.25) is 4.79 Å². The van der Waals surface area contributed by atoms with Gasteiger partial charge >= 0.3 is 0 Å². The lowest BCUT2D eigenvalue weighted by Gasteiger charge is -2.28. The topological polar surface area (TPSA) is 38.3 Å². The molecule has 1 aromatic carbocycles. The molecule has 1 aliphatic carbocycles. The summed E-state index contributed by atoms with van der Waals surface area (Å²) in [6.07, 6.45) is 4.19. The summed E-state index contributed by atoms with van der Waals surface area (Å²) in [6, 6.07) is 6.67. The van der Waals surface area contributed by atoms with Crippen LogP contribution in [0, 0.1) is 5.82 Å². The van der Waals surface area contributed by atoms with E-state index in [1.165, 1.54) is 6.07 Å². The van der Waals surface area contributed by atoms with Crippen molar-refractivity contribution in [1.82, 2.24) is 5.32 Å². The number of halogens is 1. The standard InChI is InChI=1S/C17H24FNO2/c1-2-21-13-7-12-19-16(20)17(10-5-6-11-17)14-8-3-4-9-15(14)18/h3-4,8-9H,2,5-7,10-13H2,1H3,(H,19,20). The molecule has 21 heavy (non-hydrogen) atoms. The lowest BCUT2D eigenvalue weighted by Crippen LogP contribution is -2.43. The Balaban J connectivity index is 2.05. The van der Waals surface area contributed by atoms with Crippen molar-refractivity contribution in [3.8, 4) is 0 Å². The maximum absolute atomic E-state index is 14.1. The molecule has 0 aromatic heterocycles. The highest BCUT2D eigenvalue weighted by atomic mass is 19.1. The zero-order valence-electron chi connectivity index (χ0n) is 12.7. The van der Waals surface area contributed by atoms with E-state index in [1.54, 1.807) is 18.2 Å². The summed E-state index contributed by atoms with van der Waals surface area (Å²) in [7, 11) is 0.